The van der Waals surface area contributed by atoms with Crippen LogP contribution in [0.2, 0.25) is 0 Å². The van der Waals surface area contributed by atoms with Crippen molar-refractivity contribution in [3.63, 3.8) is 0 Å². The standard InChI is InChI=1S/C21H23N3O2/c1-14-6-5-7-18(11-14)21-22-19(26-23-21)13-24(4)20(25)12-17-9-8-15(2)10-16(17)3/h5-11H,12-13H2,1-4H3. The molecule has 2 aromatic carbocycles. The summed E-state index contributed by atoms with van der Waals surface area (Å²) in [6.45, 7) is 6.39. The van der Waals surface area contributed by atoms with E-state index in [1.807, 2.05) is 57.2 Å². The molecule has 0 N–H and O–H groups in total. The number of hydrogen-bond donors (Lipinski definition) is 0. The molecule has 134 valence electrons. The van der Waals surface area contributed by atoms with Crippen LogP contribution in [0.15, 0.2) is 47.0 Å². The largest absolute Gasteiger partial charge is 0.337 e. The van der Waals surface area contributed by atoms with Crippen LogP contribution in [0.1, 0.15) is 28.1 Å². The maximum absolute atomic E-state index is 12.5. The number of aryl methyl sites for hydroxylation is 3. The van der Waals surface area contributed by atoms with E-state index in [1.54, 1.807) is 11.9 Å². The summed E-state index contributed by atoms with van der Waals surface area (Å²) in [5.74, 6) is 0.990. The van der Waals surface area contributed by atoms with Crippen LogP contribution in [0.4, 0.5) is 0 Å². The van der Waals surface area contributed by atoms with Crippen LogP contribution >= 0.6 is 0 Å². The third-order valence-electron chi connectivity index (χ3n) is 4.38. The zero-order valence-electron chi connectivity index (χ0n) is 15.6. The van der Waals surface area contributed by atoms with E-state index in [0.29, 0.717) is 24.7 Å². The Hall–Kier alpha value is -2.95. The SMILES string of the molecule is Cc1cccc(-c2noc(CN(C)C(=O)Cc3ccc(C)cc3C)n2)c1. The highest BCUT2D eigenvalue weighted by atomic mass is 16.5. The van der Waals surface area contributed by atoms with Crippen molar-refractivity contribution in [3.8, 4) is 11.4 Å². The number of benzene rings is 2. The molecular weight excluding hydrogens is 326 g/mol. The number of carbonyl (C=O) groups is 1. The second kappa shape index (κ2) is 7.52. The average molecular weight is 349 g/mol. The second-order valence-corrected chi connectivity index (χ2v) is 6.74. The molecule has 0 unspecified atom stereocenters. The van der Waals surface area contributed by atoms with Gasteiger partial charge < -0.3 is 9.42 Å². The van der Waals surface area contributed by atoms with Crippen molar-refractivity contribution >= 4 is 5.91 Å². The van der Waals surface area contributed by atoms with Crippen LogP contribution in [0, 0.1) is 20.8 Å². The maximum atomic E-state index is 12.5. The van der Waals surface area contributed by atoms with Gasteiger partial charge in [-0.25, -0.2) is 0 Å². The zero-order chi connectivity index (χ0) is 18.7. The minimum Gasteiger partial charge on any atom is -0.337 e. The van der Waals surface area contributed by atoms with E-state index >= 15 is 0 Å². The molecule has 0 aliphatic carbocycles. The molecule has 1 aromatic heterocycles. The predicted molar refractivity (Wildman–Crippen MR) is 101 cm³/mol. The molecule has 0 radical (unpaired) electrons. The van der Waals surface area contributed by atoms with Gasteiger partial charge in [0.15, 0.2) is 0 Å². The van der Waals surface area contributed by atoms with Crippen LogP contribution in [0.25, 0.3) is 11.4 Å². The minimum absolute atomic E-state index is 0.0206. The average Bonchev–Trinajstić information content (AvgIpc) is 3.06. The van der Waals surface area contributed by atoms with Gasteiger partial charge in [-0.2, -0.15) is 4.98 Å². The summed E-state index contributed by atoms with van der Waals surface area (Å²) in [5, 5.41) is 4.02. The van der Waals surface area contributed by atoms with Crippen LogP contribution in [0.3, 0.4) is 0 Å². The van der Waals surface area contributed by atoms with E-state index in [0.717, 1.165) is 22.3 Å². The molecule has 5 nitrogen and oxygen atoms in total. The number of aromatic nitrogens is 2. The lowest BCUT2D eigenvalue weighted by Gasteiger charge is -2.15. The molecule has 0 saturated carbocycles. The minimum atomic E-state index is 0.0206. The molecule has 0 bridgehead atoms. The lowest BCUT2D eigenvalue weighted by molar-refractivity contribution is -0.130. The summed E-state index contributed by atoms with van der Waals surface area (Å²) in [6, 6.07) is 14.1. The number of amides is 1. The Kier molecular flexibility index (Phi) is 5.16. The van der Waals surface area contributed by atoms with Crippen molar-refractivity contribution < 1.29 is 9.32 Å². The van der Waals surface area contributed by atoms with Gasteiger partial charge >= 0.3 is 0 Å². The Balaban J connectivity index is 1.66. The first-order chi connectivity index (χ1) is 12.4. The number of rotatable bonds is 5. The molecule has 1 heterocycles. The van der Waals surface area contributed by atoms with Gasteiger partial charge in [-0.3, -0.25) is 4.79 Å². The molecule has 5 heteroatoms. The quantitative estimate of drug-likeness (QED) is 0.702. The molecular formula is C21H23N3O2. The Morgan fingerprint density at radius 3 is 2.58 bits per heavy atom. The van der Waals surface area contributed by atoms with Gasteiger partial charge in [-0.05, 0) is 38.0 Å². The molecule has 0 fully saturated rings. The molecule has 0 saturated heterocycles. The molecule has 0 aliphatic heterocycles. The van der Waals surface area contributed by atoms with Gasteiger partial charge in [0.1, 0.15) is 0 Å². The molecule has 0 atom stereocenters. The van der Waals surface area contributed by atoms with Gasteiger partial charge in [0.25, 0.3) is 0 Å². The highest BCUT2D eigenvalue weighted by molar-refractivity contribution is 5.78. The second-order valence-electron chi connectivity index (χ2n) is 6.74. The topological polar surface area (TPSA) is 59.2 Å². The van der Waals surface area contributed by atoms with Gasteiger partial charge in [0.2, 0.25) is 17.6 Å². The fraction of sp³-hybridized carbons (Fsp3) is 0.286. The van der Waals surface area contributed by atoms with Crippen molar-refractivity contribution in [2.45, 2.75) is 33.7 Å². The van der Waals surface area contributed by atoms with Crippen LogP contribution in [0.5, 0.6) is 0 Å². The number of nitrogens with zero attached hydrogens (tertiary/aromatic N) is 3. The van der Waals surface area contributed by atoms with E-state index in [4.69, 9.17) is 4.52 Å². The Bertz CT molecular complexity index is 931. The van der Waals surface area contributed by atoms with Crippen molar-refractivity contribution in [2.24, 2.45) is 0 Å². The first kappa shape index (κ1) is 17.9. The van der Waals surface area contributed by atoms with Crippen molar-refractivity contribution in [3.05, 3.63) is 70.6 Å². The van der Waals surface area contributed by atoms with Crippen LogP contribution < -0.4 is 0 Å². The Morgan fingerprint density at radius 2 is 1.85 bits per heavy atom. The lowest BCUT2D eigenvalue weighted by Crippen LogP contribution is -2.28. The Labute approximate surface area is 153 Å². The summed E-state index contributed by atoms with van der Waals surface area (Å²) in [5.41, 5.74) is 5.41. The smallest absolute Gasteiger partial charge is 0.246 e. The van der Waals surface area contributed by atoms with E-state index in [9.17, 15) is 4.79 Å². The van der Waals surface area contributed by atoms with Gasteiger partial charge in [0, 0.05) is 12.6 Å². The third-order valence-corrected chi connectivity index (χ3v) is 4.38. The van der Waals surface area contributed by atoms with E-state index < -0.39 is 0 Å². The molecule has 0 aliphatic rings. The number of carbonyl (C=O) groups excluding carboxylic acids is 1. The predicted octanol–water partition coefficient (Wildman–Crippen LogP) is 3.86. The van der Waals surface area contributed by atoms with Crippen molar-refractivity contribution in [2.75, 3.05) is 7.05 Å². The number of hydrogen-bond acceptors (Lipinski definition) is 4. The van der Waals surface area contributed by atoms with Crippen LogP contribution in [-0.2, 0) is 17.8 Å². The fourth-order valence-electron chi connectivity index (χ4n) is 2.85. The van der Waals surface area contributed by atoms with E-state index in [-0.39, 0.29) is 5.91 Å². The normalized spacial score (nSPS) is 10.8. The van der Waals surface area contributed by atoms with Crippen molar-refractivity contribution in [1.82, 2.24) is 15.0 Å². The van der Waals surface area contributed by atoms with Gasteiger partial charge in [0.05, 0.1) is 13.0 Å². The first-order valence-electron chi connectivity index (χ1n) is 8.62. The monoisotopic (exact) mass is 349 g/mol. The maximum Gasteiger partial charge on any atom is 0.246 e. The Morgan fingerprint density at radius 1 is 1.08 bits per heavy atom. The van der Waals surface area contributed by atoms with Gasteiger partial charge in [-0.1, -0.05) is 52.7 Å². The van der Waals surface area contributed by atoms with E-state index in [1.165, 1.54) is 5.56 Å². The summed E-state index contributed by atoms with van der Waals surface area (Å²) in [6.07, 6.45) is 0.363. The van der Waals surface area contributed by atoms with Crippen molar-refractivity contribution in [1.29, 1.82) is 0 Å². The fourth-order valence-corrected chi connectivity index (χ4v) is 2.85. The highest BCUT2D eigenvalue weighted by Gasteiger charge is 2.16. The molecule has 26 heavy (non-hydrogen) atoms. The molecule has 3 aromatic rings. The first-order valence-corrected chi connectivity index (χ1v) is 8.62. The number of likely N-dealkylation sites (N-methyl/N-ethyl adjacent to an activating group) is 1. The summed E-state index contributed by atoms with van der Waals surface area (Å²) in [7, 11) is 1.75. The van der Waals surface area contributed by atoms with E-state index in [2.05, 4.69) is 16.2 Å². The summed E-state index contributed by atoms with van der Waals surface area (Å²) >= 11 is 0. The summed E-state index contributed by atoms with van der Waals surface area (Å²) in [4.78, 5) is 18.5. The lowest BCUT2D eigenvalue weighted by atomic mass is 10.0. The molecule has 1 amide bonds. The zero-order valence-corrected chi connectivity index (χ0v) is 15.6. The summed E-state index contributed by atoms with van der Waals surface area (Å²) < 4.78 is 5.31. The molecule has 0 spiro atoms. The highest BCUT2D eigenvalue weighted by Crippen LogP contribution is 2.18. The third kappa shape index (κ3) is 4.17. The van der Waals surface area contributed by atoms with Crippen LogP contribution in [-0.4, -0.2) is 28.0 Å². The molecule has 3 rings (SSSR count). The van der Waals surface area contributed by atoms with Gasteiger partial charge in [-0.15, -0.1) is 0 Å².